The molecular formula is C24H23FN2O3. The van der Waals surface area contributed by atoms with E-state index < -0.39 is 0 Å². The number of carbonyl (C=O) groups excluding carboxylic acids is 2. The third kappa shape index (κ3) is 4.19. The molecule has 0 saturated carbocycles. The summed E-state index contributed by atoms with van der Waals surface area (Å²) in [6, 6.07) is 14.1. The second-order valence-corrected chi connectivity index (χ2v) is 7.79. The Hall–Kier alpha value is -3.25. The van der Waals surface area contributed by atoms with E-state index in [1.54, 1.807) is 29.2 Å². The number of nitrogens with zero attached hydrogens (tertiary/aromatic N) is 2. The maximum Gasteiger partial charge on any atom is 0.254 e. The van der Waals surface area contributed by atoms with Gasteiger partial charge in [-0.25, -0.2) is 4.39 Å². The summed E-state index contributed by atoms with van der Waals surface area (Å²) in [5.74, 6) is 1.06. The van der Waals surface area contributed by atoms with Crippen molar-refractivity contribution in [2.75, 3.05) is 20.6 Å². The van der Waals surface area contributed by atoms with Crippen LogP contribution in [0.15, 0.2) is 59.0 Å². The first-order valence-corrected chi connectivity index (χ1v) is 9.85. The second-order valence-electron chi connectivity index (χ2n) is 7.79. The van der Waals surface area contributed by atoms with Gasteiger partial charge in [-0.2, -0.15) is 0 Å². The number of rotatable bonds is 5. The lowest BCUT2D eigenvalue weighted by atomic mass is 10.0. The predicted molar refractivity (Wildman–Crippen MR) is 111 cm³/mol. The van der Waals surface area contributed by atoms with E-state index in [-0.39, 0.29) is 17.5 Å². The predicted octanol–water partition coefficient (Wildman–Crippen LogP) is 3.91. The first-order valence-electron chi connectivity index (χ1n) is 9.85. The molecule has 1 amide bonds. The maximum absolute atomic E-state index is 13.1. The van der Waals surface area contributed by atoms with Crippen molar-refractivity contribution >= 4 is 11.7 Å². The van der Waals surface area contributed by atoms with E-state index in [9.17, 15) is 14.0 Å². The number of hydrogen-bond acceptors (Lipinski definition) is 4. The lowest BCUT2D eigenvalue weighted by Gasteiger charge is -2.26. The van der Waals surface area contributed by atoms with Crippen molar-refractivity contribution in [3.63, 3.8) is 0 Å². The number of ketones is 1. The first kappa shape index (κ1) is 20.0. The molecule has 2 heterocycles. The minimum atomic E-state index is -0.387. The van der Waals surface area contributed by atoms with Gasteiger partial charge < -0.3 is 14.2 Å². The van der Waals surface area contributed by atoms with Crippen LogP contribution in [0.3, 0.4) is 0 Å². The summed E-state index contributed by atoms with van der Waals surface area (Å²) in [7, 11) is 3.98. The number of carbonyl (C=O) groups is 2. The molecule has 0 saturated heterocycles. The average molecular weight is 406 g/mol. The summed E-state index contributed by atoms with van der Waals surface area (Å²) in [4.78, 5) is 29.3. The van der Waals surface area contributed by atoms with Crippen molar-refractivity contribution in [3.8, 4) is 0 Å². The lowest BCUT2D eigenvalue weighted by molar-refractivity contribution is 0.0718. The second kappa shape index (κ2) is 8.24. The maximum atomic E-state index is 13.1. The number of benzene rings is 2. The highest BCUT2D eigenvalue weighted by Gasteiger charge is 2.25. The molecule has 0 spiro atoms. The molecule has 154 valence electrons. The molecule has 0 aliphatic carbocycles. The van der Waals surface area contributed by atoms with Gasteiger partial charge in [-0.15, -0.1) is 0 Å². The third-order valence-corrected chi connectivity index (χ3v) is 5.19. The summed E-state index contributed by atoms with van der Waals surface area (Å²) in [6.07, 6.45) is 0.763. The van der Waals surface area contributed by atoms with Gasteiger partial charge in [0.25, 0.3) is 5.91 Å². The Balaban J connectivity index is 1.45. The minimum Gasteiger partial charge on any atom is -0.463 e. The minimum absolute atomic E-state index is 0.0907. The van der Waals surface area contributed by atoms with Gasteiger partial charge in [-0.1, -0.05) is 12.1 Å². The van der Waals surface area contributed by atoms with Crippen molar-refractivity contribution in [1.82, 2.24) is 9.80 Å². The Morgan fingerprint density at radius 1 is 1.00 bits per heavy atom. The molecule has 30 heavy (non-hydrogen) atoms. The molecule has 0 bridgehead atoms. The molecular weight excluding hydrogens is 383 g/mol. The van der Waals surface area contributed by atoms with Crippen LogP contribution in [-0.2, 0) is 19.5 Å². The van der Waals surface area contributed by atoms with Crippen molar-refractivity contribution in [2.24, 2.45) is 0 Å². The van der Waals surface area contributed by atoms with Crippen molar-refractivity contribution in [1.29, 1.82) is 0 Å². The number of fused-ring (bicyclic) bond motifs is 1. The van der Waals surface area contributed by atoms with Gasteiger partial charge in [0.05, 0.1) is 13.1 Å². The van der Waals surface area contributed by atoms with Gasteiger partial charge in [0.1, 0.15) is 17.3 Å². The van der Waals surface area contributed by atoms with Crippen LogP contribution in [0.1, 0.15) is 43.4 Å². The van der Waals surface area contributed by atoms with Gasteiger partial charge in [-0.05, 0) is 68.5 Å². The Kier molecular flexibility index (Phi) is 5.50. The smallest absolute Gasteiger partial charge is 0.254 e. The summed E-state index contributed by atoms with van der Waals surface area (Å²) in [5.41, 5.74) is 2.55. The van der Waals surface area contributed by atoms with Gasteiger partial charge in [-0.3, -0.25) is 9.59 Å². The third-order valence-electron chi connectivity index (χ3n) is 5.19. The summed E-state index contributed by atoms with van der Waals surface area (Å²) in [6.45, 7) is 1.80. The molecule has 0 radical (unpaired) electrons. The quantitative estimate of drug-likeness (QED) is 0.603. The molecule has 0 N–H and O–H groups in total. The molecule has 2 aromatic carbocycles. The highest BCUT2D eigenvalue weighted by molar-refractivity contribution is 6.09. The van der Waals surface area contributed by atoms with Gasteiger partial charge >= 0.3 is 0 Å². The summed E-state index contributed by atoms with van der Waals surface area (Å²) in [5, 5.41) is 0. The normalized spacial score (nSPS) is 13.4. The molecule has 1 aliphatic rings. The molecule has 1 aliphatic heterocycles. The number of hydrogen-bond donors (Lipinski definition) is 0. The van der Waals surface area contributed by atoms with E-state index >= 15 is 0 Å². The number of halogens is 1. The lowest BCUT2D eigenvalue weighted by Crippen LogP contribution is -2.35. The van der Waals surface area contributed by atoms with E-state index in [1.807, 2.05) is 19.0 Å². The Morgan fingerprint density at radius 2 is 1.60 bits per heavy atom. The van der Waals surface area contributed by atoms with Crippen molar-refractivity contribution in [2.45, 2.75) is 19.5 Å². The van der Waals surface area contributed by atoms with E-state index in [0.717, 1.165) is 30.0 Å². The Bertz CT molecular complexity index is 1070. The topological polar surface area (TPSA) is 53.8 Å². The average Bonchev–Trinajstić information content (AvgIpc) is 3.14. The zero-order chi connectivity index (χ0) is 21.3. The largest absolute Gasteiger partial charge is 0.463 e. The summed E-state index contributed by atoms with van der Waals surface area (Å²) >= 11 is 0. The van der Waals surface area contributed by atoms with Crippen LogP contribution in [-0.4, -0.2) is 42.1 Å². The first-order chi connectivity index (χ1) is 14.4. The molecule has 0 fully saturated rings. The highest BCUT2D eigenvalue weighted by Crippen LogP contribution is 2.25. The van der Waals surface area contributed by atoms with E-state index in [4.69, 9.17) is 4.42 Å². The molecule has 6 heteroatoms. The zero-order valence-electron chi connectivity index (χ0n) is 17.0. The van der Waals surface area contributed by atoms with E-state index in [1.165, 1.54) is 24.3 Å². The fraction of sp³-hybridized carbons (Fsp3) is 0.250. The van der Waals surface area contributed by atoms with Crippen LogP contribution in [0.25, 0.3) is 0 Å². The SMILES string of the molecule is CN(C)Cc1cc2c(o1)CN(C(=O)c1ccc(C(=O)c3ccc(F)cc3)cc1)CC2. The standard InChI is InChI=1S/C24H23FN2O3/c1-26(2)14-21-13-19-11-12-27(15-22(19)30-21)24(29)18-5-3-16(4-6-18)23(28)17-7-9-20(25)10-8-17/h3-10,13H,11-12,14-15H2,1-2H3. The fourth-order valence-electron chi connectivity index (χ4n) is 3.66. The fourth-order valence-corrected chi connectivity index (χ4v) is 3.66. The molecule has 3 aromatic rings. The van der Waals surface area contributed by atoms with Crippen LogP contribution in [0.5, 0.6) is 0 Å². The molecule has 5 nitrogen and oxygen atoms in total. The van der Waals surface area contributed by atoms with Crippen molar-refractivity contribution in [3.05, 3.63) is 94.2 Å². The molecule has 4 rings (SSSR count). The molecule has 1 aromatic heterocycles. The Morgan fingerprint density at radius 3 is 2.23 bits per heavy atom. The zero-order valence-corrected chi connectivity index (χ0v) is 17.0. The van der Waals surface area contributed by atoms with Gasteiger partial charge in [0, 0.05) is 23.2 Å². The Labute approximate surface area is 174 Å². The van der Waals surface area contributed by atoms with Crippen LogP contribution in [0, 0.1) is 5.82 Å². The van der Waals surface area contributed by atoms with Crippen LogP contribution >= 0.6 is 0 Å². The summed E-state index contributed by atoms with van der Waals surface area (Å²) < 4.78 is 19.0. The van der Waals surface area contributed by atoms with Crippen LogP contribution in [0.4, 0.5) is 4.39 Å². The molecule has 0 atom stereocenters. The monoisotopic (exact) mass is 406 g/mol. The molecule has 0 unspecified atom stereocenters. The van der Waals surface area contributed by atoms with E-state index in [2.05, 4.69) is 6.07 Å². The van der Waals surface area contributed by atoms with Crippen molar-refractivity contribution < 1.29 is 18.4 Å². The van der Waals surface area contributed by atoms with Gasteiger partial charge in [0.15, 0.2) is 5.78 Å². The van der Waals surface area contributed by atoms with Crippen LogP contribution < -0.4 is 0 Å². The van der Waals surface area contributed by atoms with E-state index in [0.29, 0.717) is 29.8 Å². The highest BCUT2D eigenvalue weighted by atomic mass is 19.1. The number of furan rings is 1. The van der Waals surface area contributed by atoms with Gasteiger partial charge in [0.2, 0.25) is 0 Å². The van der Waals surface area contributed by atoms with Crippen LogP contribution in [0.2, 0.25) is 0 Å². The number of amides is 1.